The predicted molar refractivity (Wildman–Crippen MR) is 107 cm³/mol. The lowest BCUT2D eigenvalue weighted by Gasteiger charge is -2.30. The molecule has 1 aliphatic rings. The minimum atomic E-state index is -0.0337. The molecule has 6 heteroatoms. The van der Waals surface area contributed by atoms with Crippen LogP contribution in [-0.4, -0.2) is 40.6 Å². The predicted octanol–water partition coefficient (Wildman–Crippen LogP) is 3.78. The van der Waals surface area contributed by atoms with Crippen molar-refractivity contribution in [2.75, 3.05) is 49.9 Å². The zero-order valence-electron chi connectivity index (χ0n) is 15.3. The molecule has 25 heavy (non-hydrogen) atoms. The summed E-state index contributed by atoms with van der Waals surface area (Å²) in [7, 11) is 8.22. The molecule has 1 heterocycles. The van der Waals surface area contributed by atoms with Crippen molar-refractivity contribution in [3.05, 3.63) is 35.9 Å². The van der Waals surface area contributed by atoms with E-state index in [1.165, 1.54) is 5.69 Å². The lowest BCUT2D eigenvalue weighted by Crippen LogP contribution is -2.22. The summed E-state index contributed by atoms with van der Waals surface area (Å²) in [5.41, 5.74) is 5.16. The lowest BCUT2D eigenvalue weighted by atomic mass is 10.1. The molecular formula is C19H24N4OS. The number of nitrogens with zero attached hydrogens (tertiary/aromatic N) is 2. The van der Waals surface area contributed by atoms with Gasteiger partial charge in [-0.05, 0) is 37.3 Å². The molecule has 2 N–H and O–H groups in total. The van der Waals surface area contributed by atoms with Crippen LogP contribution in [0.1, 0.15) is 17.3 Å². The van der Waals surface area contributed by atoms with Gasteiger partial charge in [0, 0.05) is 50.1 Å². The third-order valence-electron chi connectivity index (χ3n) is 4.11. The molecule has 3 rings (SSSR count). The van der Waals surface area contributed by atoms with E-state index in [0.717, 1.165) is 26.9 Å². The van der Waals surface area contributed by atoms with Gasteiger partial charge in [0.1, 0.15) is 0 Å². The maximum absolute atomic E-state index is 12.1. The van der Waals surface area contributed by atoms with Crippen molar-refractivity contribution in [2.45, 2.75) is 16.7 Å². The Morgan fingerprint density at radius 1 is 1.08 bits per heavy atom. The van der Waals surface area contributed by atoms with Crippen molar-refractivity contribution >= 4 is 40.4 Å². The van der Waals surface area contributed by atoms with Gasteiger partial charge in [-0.1, -0.05) is 11.8 Å². The first kappa shape index (κ1) is 17.5. The van der Waals surface area contributed by atoms with Gasteiger partial charge in [0.2, 0.25) is 0 Å². The van der Waals surface area contributed by atoms with Gasteiger partial charge in [-0.3, -0.25) is 4.79 Å². The number of benzene rings is 2. The van der Waals surface area contributed by atoms with Gasteiger partial charge in [0.25, 0.3) is 5.91 Å². The minimum absolute atomic E-state index is 0.0337. The fraction of sp³-hybridized carbons (Fsp3) is 0.316. The largest absolute Gasteiger partial charge is 0.376 e. The summed E-state index contributed by atoms with van der Waals surface area (Å²) >= 11 is 1.70. The first-order valence-corrected chi connectivity index (χ1v) is 9.12. The van der Waals surface area contributed by atoms with E-state index in [2.05, 4.69) is 60.8 Å². The van der Waals surface area contributed by atoms with E-state index >= 15 is 0 Å². The van der Waals surface area contributed by atoms with E-state index in [9.17, 15) is 4.79 Å². The van der Waals surface area contributed by atoms with Gasteiger partial charge in [0.05, 0.1) is 22.7 Å². The van der Waals surface area contributed by atoms with Gasteiger partial charge >= 0.3 is 0 Å². The van der Waals surface area contributed by atoms with Gasteiger partial charge in [-0.15, -0.1) is 0 Å². The summed E-state index contributed by atoms with van der Waals surface area (Å²) in [4.78, 5) is 18.6. The lowest BCUT2D eigenvalue weighted by molar-refractivity contribution is 0.0955. The Bertz CT molecular complexity index is 817. The number of nitrogens with one attached hydrogen (secondary N) is 2. The smallest absolute Gasteiger partial charge is 0.251 e. The summed E-state index contributed by atoms with van der Waals surface area (Å²) in [6, 6.07) is 10.1. The van der Waals surface area contributed by atoms with Crippen molar-refractivity contribution in [3.63, 3.8) is 0 Å². The average Bonchev–Trinajstić information content (AvgIpc) is 2.58. The fourth-order valence-corrected chi connectivity index (χ4v) is 3.99. The second-order valence-electron chi connectivity index (χ2n) is 6.39. The molecule has 2 aromatic carbocycles. The number of amides is 1. The molecule has 0 unspecified atom stereocenters. The van der Waals surface area contributed by atoms with Crippen LogP contribution in [0.25, 0.3) is 0 Å². The molecule has 0 saturated heterocycles. The van der Waals surface area contributed by atoms with Crippen molar-refractivity contribution < 1.29 is 4.79 Å². The van der Waals surface area contributed by atoms with Crippen LogP contribution in [0.3, 0.4) is 0 Å². The molecule has 0 aromatic heterocycles. The van der Waals surface area contributed by atoms with Crippen LogP contribution >= 0.6 is 11.8 Å². The third-order valence-corrected chi connectivity index (χ3v) is 5.23. The molecule has 0 spiro atoms. The minimum Gasteiger partial charge on any atom is -0.376 e. The molecule has 5 nitrogen and oxygen atoms in total. The van der Waals surface area contributed by atoms with Gasteiger partial charge in [0.15, 0.2) is 0 Å². The SMILES string of the molecule is CCNC(=O)c1ccc2c(c1)Sc1ccc(N(C)C)c(N(C)C)c1N2. The highest BCUT2D eigenvalue weighted by atomic mass is 32.2. The Morgan fingerprint density at radius 2 is 1.84 bits per heavy atom. The zero-order valence-corrected chi connectivity index (χ0v) is 16.1. The summed E-state index contributed by atoms with van der Waals surface area (Å²) in [5.74, 6) is -0.0337. The second kappa shape index (κ2) is 6.88. The molecule has 0 aliphatic carbocycles. The fourth-order valence-electron chi connectivity index (χ4n) is 2.95. The van der Waals surface area contributed by atoms with Gasteiger partial charge in [-0.2, -0.15) is 0 Å². The van der Waals surface area contributed by atoms with Crippen LogP contribution in [-0.2, 0) is 0 Å². The van der Waals surface area contributed by atoms with E-state index in [4.69, 9.17) is 0 Å². The standard InChI is InChI=1S/C19H24N4OS/c1-6-20-19(24)12-7-8-13-16(11-12)25-15-10-9-14(22(2)3)18(23(4)5)17(15)21-13/h7-11,21H,6H2,1-5H3,(H,20,24). The van der Waals surface area contributed by atoms with Crippen LogP contribution in [0.15, 0.2) is 40.1 Å². The Balaban J connectivity index is 2.02. The quantitative estimate of drug-likeness (QED) is 0.745. The van der Waals surface area contributed by atoms with Crippen LogP contribution in [0, 0.1) is 0 Å². The summed E-state index contributed by atoms with van der Waals surface area (Å²) in [6.45, 7) is 2.55. The average molecular weight is 356 g/mol. The van der Waals surface area contributed by atoms with E-state index < -0.39 is 0 Å². The second-order valence-corrected chi connectivity index (χ2v) is 7.48. The van der Waals surface area contributed by atoms with Crippen molar-refractivity contribution in [1.82, 2.24) is 5.32 Å². The third kappa shape index (κ3) is 3.26. The normalized spacial score (nSPS) is 11.9. The highest BCUT2D eigenvalue weighted by Gasteiger charge is 2.23. The van der Waals surface area contributed by atoms with Crippen LogP contribution in [0.2, 0.25) is 0 Å². The topological polar surface area (TPSA) is 47.6 Å². The van der Waals surface area contributed by atoms with Crippen LogP contribution in [0.5, 0.6) is 0 Å². The van der Waals surface area contributed by atoms with Gasteiger partial charge < -0.3 is 20.4 Å². The summed E-state index contributed by atoms with van der Waals surface area (Å²) < 4.78 is 0. The number of carbonyl (C=O) groups excluding carboxylic acids is 1. The molecule has 1 aliphatic heterocycles. The summed E-state index contributed by atoms with van der Waals surface area (Å²) in [5, 5.41) is 6.41. The zero-order chi connectivity index (χ0) is 18.1. The Hall–Kier alpha value is -2.34. The molecule has 1 amide bonds. The maximum atomic E-state index is 12.1. The Morgan fingerprint density at radius 3 is 2.48 bits per heavy atom. The highest BCUT2D eigenvalue weighted by Crippen LogP contribution is 2.50. The molecule has 0 saturated carbocycles. The molecule has 0 radical (unpaired) electrons. The molecule has 2 aromatic rings. The molecule has 132 valence electrons. The maximum Gasteiger partial charge on any atom is 0.251 e. The van der Waals surface area contributed by atoms with Crippen LogP contribution in [0.4, 0.5) is 22.7 Å². The first-order valence-electron chi connectivity index (χ1n) is 8.31. The van der Waals surface area contributed by atoms with E-state index in [1.807, 2.05) is 25.1 Å². The number of anilines is 4. The van der Waals surface area contributed by atoms with Crippen LogP contribution < -0.4 is 20.4 Å². The van der Waals surface area contributed by atoms with E-state index in [0.29, 0.717) is 12.1 Å². The number of carbonyl (C=O) groups is 1. The van der Waals surface area contributed by atoms with Crippen molar-refractivity contribution in [2.24, 2.45) is 0 Å². The monoisotopic (exact) mass is 356 g/mol. The molecular weight excluding hydrogens is 332 g/mol. The molecule has 0 bridgehead atoms. The highest BCUT2D eigenvalue weighted by molar-refractivity contribution is 7.99. The number of fused-ring (bicyclic) bond motifs is 2. The number of hydrogen-bond acceptors (Lipinski definition) is 5. The van der Waals surface area contributed by atoms with Crippen molar-refractivity contribution in [1.29, 1.82) is 0 Å². The molecule has 0 fully saturated rings. The van der Waals surface area contributed by atoms with Crippen molar-refractivity contribution in [3.8, 4) is 0 Å². The first-order chi connectivity index (χ1) is 11.9. The summed E-state index contributed by atoms with van der Waals surface area (Å²) in [6.07, 6.45) is 0. The number of hydrogen-bond donors (Lipinski definition) is 2. The molecule has 0 atom stereocenters. The Labute approximate surface area is 153 Å². The number of rotatable bonds is 4. The van der Waals surface area contributed by atoms with Gasteiger partial charge in [-0.25, -0.2) is 0 Å². The van der Waals surface area contributed by atoms with E-state index in [-0.39, 0.29) is 5.91 Å². The van der Waals surface area contributed by atoms with E-state index in [1.54, 1.807) is 11.8 Å². The Kier molecular flexibility index (Phi) is 4.81.